The van der Waals surface area contributed by atoms with Crippen molar-refractivity contribution in [3.05, 3.63) is 126 Å². The molecule has 6 atom stereocenters. The number of rotatable bonds is 18. The second-order valence-electron chi connectivity index (χ2n) is 21.5. The summed E-state index contributed by atoms with van der Waals surface area (Å²) in [5.74, 6) is 7.06. The van der Waals surface area contributed by atoms with E-state index in [4.69, 9.17) is 24.5 Å². The molecular weight excluding hydrogens is 1030 g/mol. The zero-order valence-corrected chi connectivity index (χ0v) is 46.0. The minimum absolute atomic E-state index is 0.000966. The van der Waals surface area contributed by atoms with Crippen LogP contribution < -0.4 is 35.1 Å². The van der Waals surface area contributed by atoms with Gasteiger partial charge in [0.1, 0.15) is 41.4 Å². The maximum Gasteiger partial charge on any atom is 0.254 e. The minimum atomic E-state index is -0.844. The molecular formula is C60H65N11O8S. The number of aromatic hydroxyl groups is 1. The number of aliphatic hydroxyl groups excluding tert-OH is 1. The van der Waals surface area contributed by atoms with Gasteiger partial charge in [-0.1, -0.05) is 56.2 Å². The molecule has 4 aliphatic rings. The minimum Gasteiger partial charge on any atom is -0.507 e. The molecule has 414 valence electrons. The summed E-state index contributed by atoms with van der Waals surface area (Å²) >= 11 is 1.58. The van der Waals surface area contributed by atoms with E-state index in [0.29, 0.717) is 59.6 Å². The number of pyridine rings is 2. The molecule has 7 aromatic rings. The number of hydrogen-bond donors (Lipinski definition) is 4. The van der Waals surface area contributed by atoms with Gasteiger partial charge in [0, 0.05) is 87.0 Å². The second-order valence-corrected chi connectivity index (χ2v) is 22.3. The number of nitrogens with two attached hydrogens (primary N) is 1. The Morgan fingerprint density at radius 2 is 1.69 bits per heavy atom. The van der Waals surface area contributed by atoms with E-state index in [0.717, 1.165) is 71.8 Å². The molecule has 4 fully saturated rings. The number of benzene rings is 2. The number of unbranched alkanes of at least 4 members (excludes halogenated alkanes) is 1. The molecule has 1 aliphatic carbocycles. The Kier molecular flexibility index (Phi) is 15.8. The lowest BCUT2D eigenvalue weighted by atomic mass is 9.91. The van der Waals surface area contributed by atoms with E-state index in [-0.39, 0.29) is 72.7 Å². The van der Waals surface area contributed by atoms with Crippen LogP contribution in [0.15, 0.2) is 107 Å². The van der Waals surface area contributed by atoms with Crippen LogP contribution in [0.4, 0.5) is 17.2 Å². The summed E-state index contributed by atoms with van der Waals surface area (Å²) in [6.07, 6.45) is 7.53. The highest BCUT2D eigenvalue weighted by Gasteiger charge is 2.44. The van der Waals surface area contributed by atoms with E-state index in [9.17, 15) is 19.8 Å². The number of nitrogen functional groups attached to an aromatic ring is 1. The predicted molar refractivity (Wildman–Crippen MR) is 302 cm³/mol. The average Bonchev–Trinajstić information content (AvgIpc) is 4.27. The number of fused-ring (bicyclic) bond motifs is 2. The van der Waals surface area contributed by atoms with Crippen LogP contribution in [-0.2, 0) is 9.59 Å². The summed E-state index contributed by atoms with van der Waals surface area (Å²) in [6, 6.07) is 25.9. The number of carbonyl (C=O) groups excluding carboxylic acids is 2. The van der Waals surface area contributed by atoms with Crippen molar-refractivity contribution in [1.82, 2.24) is 40.5 Å². The Morgan fingerprint density at radius 1 is 0.900 bits per heavy atom. The molecule has 0 spiro atoms. The lowest BCUT2D eigenvalue weighted by Gasteiger charge is -2.43. The summed E-state index contributed by atoms with van der Waals surface area (Å²) in [4.78, 5) is 48.7. The number of aromatic nitrogens is 6. The van der Waals surface area contributed by atoms with Gasteiger partial charge in [-0.3, -0.25) is 9.59 Å². The molecule has 1 saturated carbocycles. The van der Waals surface area contributed by atoms with Crippen molar-refractivity contribution >= 4 is 40.3 Å². The van der Waals surface area contributed by atoms with E-state index in [1.54, 1.807) is 35.7 Å². The first-order chi connectivity index (χ1) is 38.8. The largest absolute Gasteiger partial charge is 0.507 e. The highest BCUT2D eigenvalue weighted by molar-refractivity contribution is 7.13. The van der Waals surface area contributed by atoms with Crippen LogP contribution >= 0.6 is 11.3 Å². The number of aliphatic hydroxyl groups is 1. The Bertz CT molecular complexity index is 3360. The summed E-state index contributed by atoms with van der Waals surface area (Å²) in [6.45, 7) is 9.61. The quantitative estimate of drug-likeness (QED) is 0.0467. The Morgan fingerprint density at radius 3 is 2.42 bits per heavy atom. The summed E-state index contributed by atoms with van der Waals surface area (Å²) in [5.41, 5.74) is 14.9. The van der Waals surface area contributed by atoms with Crippen molar-refractivity contribution < 1.29 is 38.5 Å². The number of phenols is 1. The van der Waals surface area contributed by atoms with Gasteiger partial charge in [-0.2, -0.15) is 0 Å². The fraction of sp³-hybridized carbons (Fsp3) is 0.400. The number of β-amino-alcohol motifs (C(OH)–C–C–N with tert-alkyl or cyclic N) is 1. The van der Waals surface area contributed by atoms with E-state index in [1.807, 2.05) is 100 Å². The van der Waals surface area contributed by atoms with Crippen molar-refractivity contribution in [1.29, 1.82) is 0 Å². The lowest BCUT2D eigenvalue weighted by molar-refractivity contribution is -0.141. The molecule has 19 nitrogen and oxygen atoms in total. The Labute approximate surface area is 468 Å². The van der Waals surface area contributed by atoms with Crippen molar-refractivity contribution in [3.8, 4) is 56.8 Å². The van der Waals surface area contributed by atoms with Gasteiger partial charge in [-0.15, -0.1) is 21.5 Å². The number of carbonyl (C=O) groups is 2. The third kappa shape index (κ3) is 11.8. The van der Waals surface area contributed by atoms with Gasteiger partial charge in [-0.05, 0) is 97.6 Å². The Hall–Kier alpha value is -8.28. The second kappa shape index (κ2) is 23.6. The molecule has 8 heterocycles. The molecule has 5 N–H and O–H groups in total. The number of para-hydroxylation sites is 1. The standard InChI is InChI=1S/C60H65N11O8S/c1-35(2)56(60(75)70-33-44(72)25-51(70)59(74)65-36(3)38-13-15-39(16-14-38)57-37(4)64-34-80-57)53-29-55(68-79-53)76-23-9-5-6-10-40-17-20-45(30-63-40)77-46-26-47(27-46)78-54-24-41(21-22-62-54)71-42-18-19-43(71)32-69(31-42)50-28-49(66-67-58(50)61)48-11-7-8-12-52(48)73/h7-8,11-17,20-22,24,28-30,34-36,42-44,46-47,51,56,72-73H,5,9,18-19,23,25-27,31-33H2,1-4H3,(H2,61,67)(H,65,74)/t36-,42?,43?,44+,46?,47?,51-,56+/m0/s1. The molecule has 2 amide bonds. The number of thiazole rings is 1. The monoisotopic (exact) mass is 1100 g/mol. The number of nitrogens with one attached hydrogen (secondary N) is 1. The van der Waals surface area contributed by atoms with Gasteiger partial charge in [0.15, 0.2) is 11.6 Å². The molecule has 3 saturated heterocycles. The summed E-state index contributed by atoms with van der Waals surface area (Å²) in [5, 5.41) is 36.8. The first-order valence-corrected chi connectivity index (χ1v) is 28.3. The zero-order valence-electron chi connectivity index (χ0n) is 45.1. The van der Waals surface area contributed by atoms with Crippen LogP contribution in [0.1, 0.15) is 100 Å². The van der Waals surface area contributed by atoms with Crippen molar-refractivity contribution in [2.75, 3.05) is 41.8 Å². The molecule has 80 heavy (non-hydrogen) atoms. The topological polar surface area (TPSA) is 241 Å². The number of ether oxygens (including phenoxy) is 3. The SMILES string of the molecule is Cc1ncsc1-c1ccc([C@H](C)NC(=O)[C@@H]2C[C@@H](O)CN2C(=O)[C@@H](c2cc(OCCCC#Cc3ccc(OC4CC(Oc5cc(N6C7CCC6CN(c6cc(-c8ccccc8O)nnc6N)C7)ccn5)C4)cn3)no2)C(C)C)cc1. The van der Waals surface area contributed by atoms with Crippen molar-refractivity contribution in [3.63, 3.8) is 0 Å². The third-order valence-corrected chi connectivity index (χ3v) is 16.5. The fourth-order valence-corrected chi connectivity index (χ4v) is 12.1. The summed E-state index contributed by atoms with van der Waals surface area (Å²) < 4.78 is 24.1. The first kappa shape index (κ1) is 53.7. The summed E-state index contributed by atoms with van der Waals surface area (Å²) in [7, 11) is 0. The van der Waals surface area contributed by atoms with Crippen molar-refractivity contribution in [2.45, 2.75) is 121 Å². The van der Waals surface area contributed by atoms with Crippen LogP contribution in [0.25, 0.3) is 21.7 Å². The molecule has 2 unspecified atom stereocenters. The van der Waals surface area contributed by atoms with E-state index < -0.39 is 18.1 Å². The van der Waals surface area contributed by atoms with E-state index >= 15 is 0 Å². The molecule has 20 heteroatoms. The Balaban J connectivity index is 0.601. The van der Waals surface area contributed by atoms with Gasteiger partial charge in [0.05, 0.1) is 52.4 Å². The van der Waals surface area contributed by atoms with Crippen LogP contribution in [0.3, 0.4) is 0 Å². The highest BCUT2D eigenvalue weighted by Crippen LogP contribution is 2.41. The highest BCUT2D eigenvalue weighted by atomic mass is 32.1. The first-order valence-electron chi connectivity index (χ1n) is 27.4. The van der Waals surface area contributed by atoms with Crippen LogP contribution in [0.5, 0.6) is 23.3 Å². The predicted octanol–water partition coefficient (Wildman–Crippen LogP) is 8.28. The van der Waals surface area contributed by atoms with Gasteiger partial charge in [0.2, 0.25) is 17.7 Å². The number of hydrogen-bond acceptors (Lipinski definition) is 18. The number of likely N-dealkylation sites (tertiary alicyclic amines) is 1. The van der Waals surface area contributed by atoms with E-state index in [2.05, 4.69) is 63.3 Å². The van der Waals surface area contributed by atoms with Crippen LogP contribution in [-0.4, -0.2) is 120 Å². The lowest BCUT2D eigenvalue weighted by Crippen LogP contribution is -2.54. The number of anilines is 3. The van der Waals surface area contributed by atoms with Crippen LogP contribution in [0, 0.1) is 24.7 Å². The number of nitrogens with zero attached hydrogens (tertiary/aromatic N) is 9. The molecule has 0 radical (unpaired) electrons. The number of piperazine rings is 1. The van der Waals surface area contributed by atoms with Gasteiger partial charge in [0.25, 0.3) is 5.88 Å². The van der Waals surface area contributed by atoms with Crippen molar-refractivity contribution in [2.24, 2.45) is 5.92 Å². The van der Waals surface area contributed by atoms with Gasteiger partial charge < -0.3 is 54.7 Å². The van der Waals surface area contributed by atoms with Crippen LogP contribution in [0.2, 0.25) is 0 Å². The maximum absolute atomic E-state index is 14.2. The molecule has 2 aromatic carbocycles. The molecule has 5 aromatic heterocycles. The molecule has 3 aliphatic heterocycles. The molecule has 2 bridgehead atoms. The fourth-order valence-electron chi connectivity index (χ4n) is 11.3. The van der Waals surface area contributed by atoms with Gasteiger partial charge in [-0.25, -0.2) is 15.0 Å². The normalized spacial score (nSPS) is 21.1. The third-order valence-electron chi connectivity index (χ3n) is 15.5. The zero-order chi connectivity index (χ0) is 55.4. The maximum atomic E-state index is 14.2. The smallest absolute Gasteiger partial charge is 0.254 e. The average molecular weight is 1100 g/mol. The number of aryl methyl sites for hydroxylation is 1. The van der Waals surface area contributed by atoms with Gasteiger partial charge >= 0.3 is 0 Å². The van der Waals surface area contributed by atoms with E-state index in [1.165, 1.54) is 4.90 Å². The number of amides is 2. The number of phenolic OH excluding ortho intramolecular Hbond substituents is 1. The molecule has 11 rings (SSSR count).